The number of esters is 1. The van der Waals surface area contributed by atoms with E-state index in [2.05, 4.69) is 0 Å². The monoisotopic (exact) mass is 264 g/mol. The molecule has 19 heavy (non-hydrogen) atoms. The molecular weight excluding hydrogens is 244 g/mol. The number of hydrogen-bond donors (Lipinski definition) is 0. The molecule has 1 rings (SSSR count). The number of benzene rings is 1. The van der Waals surface area contributed by atoms with Crippen molar-refractivity contribution in [1.82, 2.24) is 0 Å². The maximum atomic E-state index is 12.3. The summed E-state index contributed by atoms with van der Waals surface area (Å²) in [6.07, 6.45) is 2.28. The molecule has 0 saturated heterocycles. The summed E-state index contributed by atoms with van der Waals surface area (Å²) in [7, 11) is 2.87. The Labute approximate surface area is 113 Å². The smallest absolute Gasteiger partial charge is 0.316 e. The average molecular weight is 264 g/mol. The molecule has 0 N–H and O–H groups in total. The van der Waals surface area contributed by atoms with Gasteiger partial charge in [0.1, 0.15) is 11.7 Å². The number of carbonyl (C=O) groups is 2. The molecule has 0 amide bonds. The summed E-state index contributed by atoms with van der Waals surface area (Å²) in [5.41, 5.74) is 0.507. The predicted octanol–water partition coefficient (Wildman–Crippen LogP) is 2.86. The Kier molecular flexibility index (Phi) is 6.06. The van der Waals surface area contributed by atoms with Crippen molar-refractivity contribution in [1.29, 1.82) is 0 Å². The molecule has 0 bridgehead atoms. The van der Waals surface area contributed by atoms with E-state index in [1.807, 2.05) is 6.92 Å². The van der Waals surface area contributed by atoms with Crippen LogP contribution in [0.2, 0.25) is 0 Å². The van der Waals surface area contributed by atoms with E-state index in [9.17, 15) is 9.59 Å². The van der Waals surface area contributed by atoms with Crippen LogP contribution in [0.3, 0.4) is 0 Å². The zero-order valence-corrected chi connectivity index (χ0v) is 11.6. The molecule has 0 heterocycles. The minimum absolute atomic E-state index is 0.192. The van der Waals surface area contributed by atoms with Crippen molar-refractivity contribution in [2.45, 2.75) is 26.2 Å². The van der Waals surface area contributed by atoms with Gasteiger partial charge in [0.15, 0.2) is 5.78 Å². The topological polar surface area (TPSA) is 52.6 Å². The van der Waals surface area contributed by atoms with E-state index in [-0.39, 0.29) is 5.78 Å². The number of carbonyl (C=O) groups excluding carboxylic acids is 2. The summed E-state index contributed by atoms with van der Waals surface area (Å²) in [5, 5.41) is 0. The number of ether oxygens (including phenoxy) is 2. The summed E-state index contributed by atoms with van der Waals surface area (Å²) in [4.78, 5) is 24.0. The second-order valence-corrected chi connectivity index (χ2v) is 4.31. The average Bonchev–Trinajstić information content (AvgIpc) is 2.47. The van der Waals surface area contributed by atoms with Crippen LogP contribution in [0.15, 0.2) is 24.3 Å². The predicted molar refractivity (Wildman–Crippen MR) is 72.4 cm³/mol. The van der Waals surface area contributed by atoms with Gasteiger partial charge in [-0.2, -0.15) is 0 Å². The van der Waals surface area contributed by atoms with Crippen LogP contribution in [0.25, 0.3) is 0 Å². The molecule has 1 aromatic rings. The van der Waals surface area contributed by atoms with Crippen LogP contribution in [-0.2, 0) is 9.53 Å². The van der Waals surface area contributed by atoms with Gasteiger partial charge in [-0.25, -0.2) is 0 Å². The number of unbranched alkanes of at least 4 members (excludes halogenated alkanes) is 1. The van der Waals surface area contributed by atoms with Crippen LogP contribution in [-0.4, -0.2) is 26.0 Å². The lowest BCUT2D eigenvalue weighted by Gasteiger charge is -2.13. The fraction of sp³-hybridized carbons (Fsp3) is 0.467. The van der Waals surface area contributed by atoms with Crippen LogP contribution in [0.1, 0.15) is 36.5 Å². The summed E-state index contributed by atoms with van der Waals surface area (Å²) in [6, 6.07) is 6.76. The number of rotatable bonds is 7. The van der Waals surface area contributed by atoms with Crippen molar-refractivity contribution in [2.75, 3.05) is 14.2 Å². The molecule has 1 atom stereocenters. The van der Waals surface area contributed by atoms with Gasteiger partial charge in [0.05, 0.1) is 14.2 Å². The SMILES string of the molecule is CCCCC(C(=O)OC)C(=O)c1ccc(OC)cc1. The first-order valence-electron chi connectivity index (χ1n) is 6.40. The molecule has 4 heteroatoms. The second-order valence-electron chi connectivity index (χ2n) is 4.31. The Morgan fingerprint density at radius 2 is 1.79 bits per heavy atom. The third-order valence-corrected chi connectivity index (χ3v) is 3.02. The van der Waals surface area contributed by atoms with Gasteiger partial charge in [-0.3, -0.25) is 9.59 Å². The van der Waals surface area contributed by atoms with Crippen molar-refractivity contribution in [3.63, 3.8) is 0 Å². The zero-order chi connectivity index (χ0) is 14.3. The van der Waals surface area contributed by atoms with E-state index in [1.54, 1.807) is 31.4 Å². The Hall–Kier alpha value is -1.84. The minimum Gasteiger partial charge on any atom is -0.497 e. The molecule has 0 aromatic heterocycles. The largest absolute Gasteiger partial charge is 0.497 e. The summed E-state index contributed by atoms with van der Waals surface area (Å²) >= 11 is 0. The lowest BCUT2D eigenvalue weighted by Crippen LogP contribution is -2.25. The zero-order valence-electron chi connectivity index (χ0n) is 11.6. The fourth-order valence-corrected chi connectivity index (χ4v) is 1.86. The maximum absolute atomic E-state index is 12.3. The lowest BCUT2D eigenvalue weighted by molar-refractivity contribution is -0.143. The Balaban J connectivity index is 2.87. The molecule has 0 saturated carbocycles. The molecule has 4 nitrogen and oxygen atoms in total. The van der Waals surface area contributed by atoms with Crippen LogP contribution in [0.5, 0.6) is 5.75 Å². The highest BCUT2D eigenvalue weighted by molar-refractivity contribution is 6.08. The Morgan fingerprint density at radius 3 is 2.26 bits per heavy atom. The maximum Gasteiger partial charge on any atom is 0.316 e. The Bertz CT molecular complexity index is 422. The first kappa shape index (κ1) is 15.2. The van der Waals surface area contributed by atoms with Crippen molar-refractivity contribution in [3.8, 4) is 5.75 Å². The Morgan fingerprint density at radius 1 is 1.16 bits per heavy atom. The molecule has 0 spiro atoms. The van der Waals surface area contributed by atoms with E-state index < -0.39 is 11.9 Å². The molecule has 0 aliphatic rings. The number of methoxy groups -OCH3 is 2. The first-order chi connectivity index (χ1) is 9.13. The highest BCUT2D eigenvalue weighted by atomic mass is 16.5. The van der Waals surface area contributed by atoms with Crippen molar-refractivity contribution in [2.24, 2.45) is 5.92 Å². The lowest BCUT2D eigenvalue weighted by atomic mass is 9.93. The molecule has 0 aliphatic heterocycles. The van der Waals surface area contributed by atoms with E-state index >= 15 is 0 Å². The summed E-state index contributed by atoms with van der Waals surface area (Å²) < 4.78 is 9.75. The normalized spacial score (nSPS) is 11.7. The van der Waals surface area contributed by atoms with Crippen LogP contribution >= 0.6 is 0 Å². The first-order valence-corrected chi connectivity index (χ1v) is 6.40. The van der Waals surface area contributed by atoms with E-state index in [0.29, 0.717) is 17.7 Å². The van der Waals surface area contributed by atoms with Crippen LogP contribution < -0.4 is 4.74 Å². The van der Waals surface area contributed by atoms with Gasteiger partial charge in [-0.1, -0.05) is 19.8 Å². The van der Waals surface area contributed by atoms with Crippen molar-refractivity contribution < 1.29 is 19.1 Å². The van der Waals surface area contributed by atoms with Gasteiger partial charge in [0, 0.05) is 5.56 Å². The number of Topliss-reactive ketones (excluding diaryl/α,β-unsaturated/α-hetero) is 1. The molecule has 0 fully saturated rings. The van der Waals surface area contributed by atoms with Gasteiger partial charge in [0.2, 0.25) is 0 Å². The number of hydrogen-bond acceptors (Lipinski definition) is 4. The third kappa shape index (κ3) is 4.09. The molecule has 1 unspecified atom stereocenters. The highest BCUT2D eigenvalue weighted by Gasteiger charge is 2.27. The molecule has 1 aromatic carbocycles. The van der Waals surface area contributed by atoms with Gasteiger partial charge in [0.25, 0.3) is 0 Å². The van der Waals surface area contributed by atoms with E-state index in [4.69, 9.17) is 9.47 Å². The van der Waals surface area contributed by atoms with Gasteiger partial charge >= 0.3 is 5.97 Å². The van der Waals surface area contributed by atoms with Crippen molar-refractivity contribution in [3.05, 3.63) is 29.8 Å². The van der Waals surface area contributed by atoms with Gasteiger partial charge < -0.3 is 9.47 Å². The van der Waals surface area contributed by atoms with Crippen molar-refractivity contribution >= 4 is 11.8 Å². The summed E-state index contributed by atoms with van der Waals surface area (Å²) in [6.45, 7) is 2.02. The molecular formula is C15H20O4. The quantitative estimate of drug-likeness (QED) is 0.431. The number of ketones is 1. The molecule has 0 radical (unpaired) electrons. The van der Waals surface area contributed by atoms with Gasteiger partial charge in [-0.15, -0.1) is 0 Å². The molecule has 0 aliphatic carbocycles. The van der Waals surface area contributed by atoms with Crippen LogP contribution in [0, 0.1) is 5.92 Å². The summed E-state index contributed by atoms with van der Waals surface area (Å²) in [5.74, 6) is -0.685. The minimum atomic E-state index is -0.710. The van der Waals surface area contributed by atoms with Crippen LogP contribution in [0.4, 0.5) is 0 Å². The second kappa shape index (κ2) is 7.56. The van der Waals surface area contributed by atoms with E-state index in [1.165, 1.54) is 7.11 Å². The third-order valence-electron chi connectivity index (χ3n) is 3.02. The highest BCUT2D eigenvalue weighted by Crippen LogP contribution is 2.19. The van der Waals surface area contributed by atoms with E-state index in [0.717, 1.165) is 12.8 Å². The van der Waals surface area contributed by atoms with Gasteiger partial charge in [-0.05, 0) is 30.7 Å². The molecule has 104 valence electrons. The standard InChI is InChI=1S/C15H20O4/c1-4-5-6-13(15(17)19-3)14(16)11-7-9-12(18-2)10-8-11/h7-10,13H,4-6H2,1-3H3. The fourth-order valence-electron chi connectivity index (χ4n) is 1.86.